The largest absolute Gasteiger partial charge is 0.148 e. The van der Waals surface area contributed by atoms with Gasteiger partial charge in [0.25, 0.3) is 0 Å². The fourth-order valence-corrected chi connectivity index (χ4v) is 3.33. The second-order valence-corrected chi connectivity index (χ2v) is 6.20. The van der Waals surface area contributed by atoms with Gasteiger partial charge in [0.15, 0.2) is 0 Å². The molecule has 0 atom stereocenters. The van der Waals surface area contributed by atoms with Crippen LogP contribution in [0.2, 0.25) is 0 Å². The first-order valence-corrected chi connectivity index (χ1v) is 10.3. The number of nitrogens with zero attached hydrogens (tertiary/aromatic N) is 2. The van der Waals surface area contributed by atoms with E-state index in [1.165, 1.54) is 11.1 Å². The molecule has 138 valence electrons. The maximum atomic E-state index is 4.33. The molecule has 0 amide bonds. The molecule has 27 heavy (non-hydrogen) atoms. The highest BCUT2D eigenvalue weighted by Crippen LogP contribution is 2.31. The Labute approximate surface area is 166 Å². The van der Waals surface area contributed by atoms with Gasteiger partial charge in [0.05, 0.1) is 0 Å². The molecule has 0 aliphatic carbocycles. The van der Waals surface area contributed by atoms with Crippen molar-refractivity contribution in [2.24, 2.45) is 0 Å². The maximum absolute atomic E-state index is 4.33. The highest BCUT2D eigenvalue weighted by atomic mass is 32.1. The Bertz CT molecular complexity index is 898. The third-order valence-corrected chi connectivity index (χ3v) is 4.71. The van der Waals surface area contributed by atoms with Crippen molar-refractivity contribution in [3.8, 4) is 32.3 Å². The Kier molecular flexibility index (Phi) is 8.40. The van der Waals surface area contributed by atoms with E-state index in [0.717, 1.165) is 21.1 Å². The molecule has 0 radical (unpaired) electrons. The fraction of sp³-hybridized carbons (Fsp3) is 0.167. The average molecular weight is 375 g/mol. The number of aromatic nitrogens is 2. The summed E-state index contributed by atoms with van der Waals surface area (Å²) in [5, 5.41) is 10.5. The SMILES string of the molecule is CC.CC.c1ccc(-c2ccc(-c3nnc(-c4ccccc4)s3)cc2)cc1. The predicted octanol–water partition coefficient (Wildman–Crippen LogP) is 7.59. The Balaban J connectivity index is 0.000000614. The maximum Gasteiger partial charge on any atom is 0.148 e. The van der Waals surface area contributed by atoms with Crippen LogP contribution in [-0.4, -0.2) is 10.2 Å². The van der Waals surface area contributed by atoms with Gasteiger partial charge in [-0.1, -0.05) is 124 Å². The predicted molar refractivity (Wildman–Crippen MR) is 119 cm³/mol. The van der Waals surface area contributed by atoms with Gasteiger partial charge in [-0.05, 0) is 11.1 Å². The minimum atomic E-state index is 0.948. The van der Waals surface area contributed by atoms with Crippen LogP contribution in [0.4, 0.5) is 0 Å². The van der Waals surface area contributed by atoms with E-state index in [2.05, 4.69) is 70.9 Å². The topological polar surface area (TPSA) is 25.8 Å². The van der Waals surface area contributed by atoms with Gasteiger partial charge in [0.1, 0.15) is 10.0 Å². The molecule has 4 rings (SSSR count). The van der Waals surface area contributed by atoms with Gasteiger partial charge in [-0.3, -0.25) is 0 Å². The first-order valence-electron chi connectivity index (χ1n) is 9.45. The second-order valence-electron chi connectivity index (χ2n) is 5.22. The summed E-state index contributed by atoms with van der Waals surface area (Å²) in [5.41, 5.74) is 4.64. The zero-order valence-corrected chi connectivity index (χ0v) is 17.2. The Hall–Kier alpha value is -2.78. The third kappa shape index (κ3) is 5.35. The molecule has 0 bridgehead atoms. The molecule has 3 aromatic carbocycles. The van der Waals surface area contributed by atoms with Crippen LogP contribution >= 0.6 is 11.3 Å². The molecule has 2 nitrogen and oxygen atoms in total. The van der Waals surface area contributed by atoms with E-state index in [1.54, 1.807) is 11.3 Å². The van der Waals surface area contributed by atoms with Crippen molar-refractivity contribution >= 4 is 11.3 Å². The van der Waals surface area contributed by atoms with Crippen molar-refractivity contribution < 1.29 is 0 Å². The highest BCUT2D eigenvalue weighted by Gasteiger charge is 2.08. The summed E-state index contributed by atoms with van der Waals surface area (Å²) < 4.78 is 0. The molecule has 1 heterocycles. The van der Waals surface area contributed by atoms with E-state index in [4.69, 9.17) is 0 Å². The summed E-state index contributed by atoms with van der Waals surface area (Å²) in [5.74, 6) is 0. The van der Waals surface area contributed by atoms with E-state index in [-0.39, 0.29) is 0 Å². The molecular formula is C24H26N2S. The third-order valence-electron chi connectivity index (χ3n) is 3.68. The molecule has 0 N–H and O–H groups in total. The van der Waals surface area contributed by atoms with Crippen molar-refractivity contribution in [2.45, 2.75) is 27.7 Å². The zero-order valence-electron chi connectivity index (χ0n) is 16.4. The smallest absolute Gasteiger partial charge is 0.138 e. The molecule has 0 spiro atoms. The van der Waals surface area contributed by atoms with Crippen molar-refractivity contribution in [3.05, 3.63) is 84.9 Å². The summed E-state index contributed by atoms with van der Waals surface area (Å²) in [6.07, 6.45) is 0. The van der Waals surface area contributed by atoms with Gasteiger partial charge in [-0.25, -0.2) is 0 Å². The Morgan fingerprint density at radius 3 is 1.26 bits per heavy atom. The lowest BCUT2D eigenvalue weighted by atomic mass is 10.0. The first kappa shape index (κ1) is 20.5. The number of rotatable bonds is 3. The molecule has 0 aliphatic heterocycles. The lowest BCUT2D eigenvalue weighted by molar-refractivity contribution is 1.10. The van der Waals surface area contributed by atoms with Crippen molar-refractivity contribution in [2.75, 3.05) is 0 Å². The minimum Gasteiger partial charge on any atom is -0.138 e. The standard InChI is InChI=1S/C20H14N2S.2C2H6/c1-3-7-15(8-4-1)16-11-13-18(14-12-16)20-22-21-19(23-20)17-9-5-2-6-10-17;2*1-2/h1-14H;2*1-2H3. The molecule has 1 aromatic heterocycles. The summed E-state index contributed by atoms with van der Waals surface area (Å²) >= 11 is 1.62. The molecule has 3 heteroatoms. The second kappa shape index (κ2) is 11.0. The van der Waals surface area contributed by atoms with Gasteiger partial charge in [0, 0.05) is 11.1 Å². The first-order chi connectivity index (χ1) is 13.4. The Morgan fingerprint density at radius 1 is 0.444 bits per heavy atom. The summed E-state index contributed by atoms with van der Waals surface area (Å²) in [6.45, 7) is 8.00. The van der Waals surface area contributed by atoms with Gasteiger partial charge in [-0.2, -0.15) is 0 Å². The van der Waals surface area contributed by atoms with Crippen LogP contribution in [-0.2, 0) is 0 Å². The van der Waals surface area contributed by atoms with E-state index in [1.807, 2.05) is 52.0 Å². The summed E-state index contributed by atoms with van der Waals surface area (Å²) in [4.78, 5) is 0. The van der Waals surface area contributed by atoms with Crippen molar-refractivity contribution in [3.63, 3.8) is 0 Å². The number of hydrogen-bond donors (Lipinski definition) is 0. The van der Waals surface area contributed by atoms with Crippen molar-refractivity contribution in [1.29, 1.82) is 0 Å². The van der Waals surface area contributed by atoms with Crippen LogP contribution in [0, 0.1) is 0 Å². The van der Waals surface area contributed by atoms with Gasteiger partial charge in [0.2, 0.25) is 0 Å². The van der Waals surface area contributed by atoms with Crippen LogP contribution in [0.3, 0.4) is 0 Å². The quantitative estimate of drug-likeness (QED) is 0.369. The lowest BCUT2D eigenvalue weighted by Gasteiger charge is -2.02. The monoisotopic (exact) mass is 374 g/mol. The molecule has 0 aliphatic rings. The molecule has 0 fully saturated rings. The molecule has 4 aromatic rings. The number of benzene rings is 3. The zero-order chi connectivity index (χ0) is 19.5. The molecule has 0 saturated carbocycles. The van der Waals surface area contributed by atoms with E-state index < -0.39 is 0 Å². The summed E-state index contributed by atoms with van der Waals surface area (Å²) in [6, 6.07) is 29.0. The van der Waals surface area contributed by atoms with Gasteiger partial charge in [-0.15, -0.1) is 10.2 Å². The minimum absolute atomic E-state index is 0.948. The van der Waals surface area contributed by atoms with Crippen LogP contribution in [0.5, 0.6) is 0 Å². The van der Waals surface area contributed by atoms with Crippen LogP contribution in [0.25, 0.3) is 32.3 Å². The van der Waals surface area contributed by atoms with E-state index >= 15 is 0 Å². The number of hydrogen-bond acceptors (Lipinski definition) is 3. The molecule has 0 saturated heterocycles. The van der Waals surface area contributed by atoms with Crippen LogP contribution < -0.4 is 0 Å². The highest BCUT2D eigenvalue weighted by molar-refractivity contribution is 7.17. The van der Waals surface area contributed by atoms with Crippen LogP contribution in [0.1, 0.15) is 27.7 Å². The molecule has 0 unspecified atom stereocenters. The van der Waals surface area contributed by atoms with E-state index in [0.29, 0.717) is 0 Å². The van der Waals surface area contributed by atoms with Gasteiger partial charge >= 0.3 is 0 Å². The normalized spacial score (nSPS) is 9.48. The van der Waals surface area contributed by atoms with Crippen LogP contribution in [0.15, 0.2) is 84.9 Å². The summed E-state index contributed by atoms with van der Waals surface area (Å²) in [7, 11) is 0. The Morgan fingerprint density at radius 2 is 0.778 bits per heavy atom. The molecular weight excluding hydrogens is 348 g/mol. The average Bonchev–Trinajstić information content (AvgIpc) is 3.28. The fourth-order valence-electron chi connectivity index (χ4n) is 2.47. The van der Waals surface area contributed by atoms with Gasteiger partial charge < -0.3 is 0 Å². The van der Waals surface area contributed by atoms with Crippen molar-refractivity contribution in [1.82, 2.24) is 10.2 Å². The van der Waals surface area contributed by atoms with E-state index in [9.17, 15) is 0 Å². The lowest BCUT2D eigenvalue weighted by Crippen LogP contribution is -1.79.